The fourth-order valence-corrected chi connectivity index (χ4v) is 1.22. The maximum atomic E-state index is 5.43. The van der Waals surface area contributed by atoms with E-state index in [1.54, 1.807) is 12.3 Å². The van der Waals surface area contributed by atoms with Crippen molar-refractivity contribution in [1.82, 2.24) is 10.2 Å². The summed E-state index contributed by atoms with van der Waals surface area (Å²) in [6, 6.07) is 3.55. The molecule has 0 aliphatic rings. The summed E-state index contributed by atoms with van der Waals surface area (Å²) in [6.45, 7) is 0. The molecule has 0 radical (unpaired) electrons. The molecule has 0 bridgehead atoms. The number of hydrogen-bond donors (Lipinski definition) is 2. The predicted molar refractivity (Wildman–Crippen MR) is 48.4 cm³/mol. The Morgan fingerprint density at radius 1 is 1.50 bits per heavy atom. The number of nitrogens with zero attached hydrogens (tertiary/aromatic N) is 1. The Kier molecular flexibility index (Phi) is 1.65. The van der Waals surface area contributed by atoms with Crippen molar-refractivity contribution < 1.29 is 4.42 Å². The van der Waals surface area contributed by atoms with Crippen molar-refractivity contribution in [1.29, 1.82) is 0 Å². The lowest BCUT2D eigenvalue weighted by atomic mass is 10.3. The highest BCUT2D eigenvalue weighted by Gasteiger charge is 2.05. The Labute approximate surface area is 76.9 Å². The lowest BCUT2D eigenvalue weighted by Crippen LogP contribution is -1.81. The van der Waals surface area contributed by atoms with Crippen LogP contribution in [-0.4, -0.2) is 10.2 Å². The van der Waals surface area contributed by atoms with Crippen LogP contribution in [0.3, 0.4) is 0 Å². The summed E-state index contributed by atoms with van der Waals surface area (Å²) >= 11 is 3.28. The molecule has 0 saturated heterocycles. The summed E-state index contributed by atoms with van der Waals surface area (Å²) in [5.41, 5.74) is 6.20. The molecule has 0 spiro atoms. The second-order valence-electron chi connectivity index (χ2n) is 2.34. The van der Waals surface area contributed by atoms with Crippen LogP contribution in [0.25, 0.3) is 11.5 Å². The highest BCUT2D eigenvalue weighted by molar-refractivity contribution is 9.10. The summed E-state index contributed by atoms with van der Waals surface area (Å²) < 4.78 is 6.08. The average Bonchev–Trinajstić information content (AvgIpc) is 2.58. The quantitative estimate of drug-likeness (QED) is 0.784. The van der Waals surface area contributed by atoms with Gasteiger partial charge in [-0.05, 0) is 15.9 Å². The lowest BCUT2D eigenvalue weighted by Gasteiger charge is -1.85. The van der Waals surface area contributed by atoms with Crippen molar-refractivity contribution in [3.05, 3.63) is 22.9 Å². The Morgan fingerprint density at radius 3 is 2.83 bits per heavy atom. The first kappa shape index (κ1) is 7.42. The van der Waals surface area contributed by atoms with Crippen molar-refractivity contribution in [3.8, 4) is 11.5 Å². The van der Waals surface area contributed by atoms with Crippen molar-refractivity contribution >= 4 is 21.7 Å². The molecule has 3 N–H and O–H groups in total. The van der Waals surface area contributed by atoms with Gasteiger partial charge in [0.2, 0.25) is 0 Å². The van der Waals surface area contributed by atoms with Gasteiger partial charge < -0.3 is 10.2 Å². The highest BCUT2D eigenvalue weighted by Crippen LogP contribution is 2.23. The molecule has 62 valence electrons. The topological polar surface area (TPSA) is 67.8 Å². The van der Waals surface area contributed by atoms with Gasteiger partial charge in [0, 0.05) is 12.1 Å². The van der Waals surface area contributed by atoms with E-state index < -0.39 is 0 Å². The Morgan fingerprint density at radius 2 is 2.33 bits per heavy atom. The number of nitrogens with one attached hydrogen (secondary N) is 1. The standard InChI is InChI=1S/C7H6BrN3O/c8-4-1-6(12-3-4)5-2-7(9)11-10-5/h1-3H,(H3,9,10,11). The molecular weight excluding hydrogens is 222 g/mol. The maximum Gasteiger partial charge on any atom is 0.152 e. The van der Waals surface area contributed by atoms with Crippen LogP contribution < -0.4 is 5.73 Å². The molecule has 5 heteroatoms. The molecule has 0 aliphatic heterocycles. The molecule has 0 saturated carbocycles. The molecule has 4 nitrogen and oxygen atoms in total. The zero-order chi connectivity index (χ0) is 8.55. The third kappa shape index (κ3) is 1.23. The van der Waals surface area contributed by atoms with Crippen LogP contribution in [0.4, 0.5) is 5.82 Å². The van der Waals surface area contributed by atoms with E-state index >= 15 is 0 Å². The van der Waals surface area contributed by atoms with Crippen molar-refractivity contribution in [2.75, 3.05) is 5.73 Å². The first-order valence-corrected chi connectivity index (χ1v) is 4.10. The molecule has 2 aromatic heterocycles. The predicted octanol–water partition coefficient (Wildman–Crippen LogP) is 2.01. The largest absolute Gasteiger partial charge is 0.462 e. The summed E-state index contributed by atoms with van der Waals surface area (Å²) in [7, 11) is 0. The summed E-state index contributed by atoms with van der Waals surface area (Å²) in [6.07, 6.45) is 1.60. The monoisotopic (exact) mass is 227 g/mol. The Hall–Kier alpha value is -1.23. The van der Waals surface area contributed by atoms with Crippen molar-refractivity contribution in [3.63, 3.8) is 0 Å². The van der Waals surface area contributed by atoms with Crippen LogP contribution in [0.1, 0.15) is 0 Å². The fraction of sp³-hybridized carbons (Fsp3) is 0. The van der Waals surface area contributed by atoms with Crippen LogP contribution in [0.15, 0.2) is 27.3 Å². The van der Waals surface area contributed by atoms with E-state index in [1.807, 2.05) is 6.07 Å². The summed E-state index contributed by atoms with van der Waals surface area (Å²) in [4.78, 5) is 0. The van der Waals surface area contributed by atoms with Gasteiger partial charge in [-0.25, -0.2) is 0 Å². The molecule has 0 aliphatic carbocycles. The van der Waals surface area contributed by atoms with Crippen LogP contribution in [0.5, 0.6) is 0 Å². The van der Waals surface area contributed by atoms with E-state index in [4.69, 9.17) is 10.2 Å². The van der Waals surface area contributed by atoms with E-state index in [0.29, 0.717) is 11.6 Å². The molecule has 2 rings (SSSR count). The SMILES string of the molecule is Nc1cc(-c2cc(Br)co2)[nH]n1. The number of anilines is 1. The Bertz CT molecular complexity index is 355. The summed E-state index contributed by atoms with van der Waals surface area (Å²) in [5.74, 6) is 1.17. The van der Waals surface area contributed by atoms with Crippen molar-refractivity contribution in [2.45, 2.75) is 0 Å². The second-order valence-corrected chi connectivity index (χ2v) is 3.25. The Balaban J connectivity index is 2.43. The average molecular weight is 228 g/mol. The number of hydrogen-bond acceptors (Lipinski definition) is 3. The van der Waals surface area contributed by atoms with E-state index in [2.05, 4.69) is 26.1 Å². The molecule has 12 heavy (non-hydrogen) atoms. The molecule has 2 aromatic rings. The third-order valence-electron chi connectivity index (χ3n) is 1.43. The number of rotatable bonds is 1. The van der Waals surface area contributed by atoms with Gasteiger partial charge in [-0.1, -0.05) is 0 Å². The third-order valence-corrected chi connectivity index (χ3v) is 1.85. The molecule has 0 unspecified atom stereocenters. The lowest BCUT2D eigenvalue weighted by molar-refractivity contribution is 0.578. The zero-order valence-electron chi connectivity index (χ0n) is 6.04. The molecule has 0 fully saturated rings. The second kappa shape index (κ2) is 2.67. The van der Waals surface area contributed by atoms with Gasteiger partial charge in [0.25, 0.3) is 0 Å². The van der Waals surface area contributed by atoms with E-state index in [-0.39, 0.29) is 0 Å². The molecule has 0 atom stereocenters. The van der Waals surface area contributed by atoms with Gasteiger partial charge in [-0.3, -0.25) is 5.10 Å². The molecule has 0 amide bonds. The van der Waals surface area contributed by atoms with Crippen LogP contribution in [0, 0.1) is 0 Å². The molecular formula is C7H6BrN3O. The van der Waals surface area contributed by atoms with E-state index in [0.717, 1.165) is 10.2 Å². The van der Waals surface area contributed by atoms with Crippen LogP contribution in [0.2, 0.25) is 0 Å². The van der Waals surface area contributed by atoms with Gasteiger partial charge in [-0.15, -0.1) is 0 Å². The molecule has 0 aromatic carbocycles. The number of furan rings is 1. The number of halogens is 1. The number of nitrogens with two attached hydrogens (primary N) is 1. The van der Waals surface area contributed by atoms with Gasteiger partial charge in [0.15, 0.2) is 5.76 Å². The maximum absolute atomic E-state index is 5.43. The fourth-order valence-electron chi connectivity index (χ4n) is 0.918. The summed E-state index contributed by atoms with van der Waals surface area (Å²) in [5, 5.41) is 6.53. The number of H-pyrrole nitrogens is 1. The zero-order valence-corrected chi connectivity index (χ0v) is 7.63. The smallest absolute Gasteiger partial charge is 0.152 e. The van der Waals surface area contributed by atoms with Crippen molar-refractivity contribution in [2.24, 2.45) is 0 Å². The highest BCUT2D eigenvalue weighted by atomic mass is 79.9. The van der Waals surface area contributed by atoms with Gasteiger partial charge in [-0.2, -0.15) is 5.10 Å². The molecule has 2 heterocycles. The van der Waals surface area contributed by atoms with Gasteiger partial charge >= 0.3 is 0 Å². The van der Waals surface area contributed by atoms with E-state index in [9.17, 15) is 0 Å². The van der Waals surface area contributed by atoms with Crippen LogP contribution >= 0.6 is 15.9 Å². The minimum atomic E-state index is 0.456. The number of aromatic amines is 1. The minimum absolute atomic E-state index is 0.456. The minimum Gasteiger partial charge on any atom is -0.462 e. The first-order valence-electron chi connectivity index (χ1n) is 3.31. The van der Waals surface area contributed by atoms with Gasteiger partial charge in [0.05, 0.1) is 4.47 Å². The number of aromatic nitrogens is 2. The van der Waals surface area contributed by atoms with E-state index in [1.165, 1.54) is 0 Å². The number of nitrogen functional groups attached to an aromatic ring is 1. The first-order chi connectivity index (χ1) is 5.75. The normalized spacial score (nSPS) is 10.4. The van der Waals surface area contributed by atoms with Crippen LogP contribution in [-0.2, 0) is 0 Å². The van der Waals surface area contributed by atoms with Gasteiger partial charge in [0.1, 0.15) is 17.8 Å².